The van der Waals surface area contributed by atoms with E-state index >= 15 is 0 Å². The number of aryl methyl sites for hydroxylation is 2. The summed E-state index contributed by atoms with van der Waals surface area (Å²) in [6, 6.07) is 9.68. The second kappa shape index (κ2) is 5.76. The molecular weight excluding hydrogens is 260 g/mol. The molecule has 0 bridgehead atoms. The topological polar surface area (TPSA) is 42.9 Å². The SMILES string of the molecule is CCc1nnc(C)cc1C(=O)c1ccc(C(C)(C)C)cc1. The minimum Gasteiger partial charge on any atom is -0.289 e. The number of ketones is 1. The normalized spacial score (nSPS) is 11.5. The second-order valence-electron chi connectivity index (χ2n) is 6.36. The molecule has 110 valence electrons. The molecule has 0 saturated carbocycles. The standard InChI is InChI=1S/C18H22N2O/c1-6-16-15(11-12(2)19-20-16)17(21)13-7-9-14(10-8-13)18(3,4)5/h7-11H,6H2,1-5H3. The number of nitrogens with zero attached hydrogens (tertiary/aromatic N) is 2. The van der Waals surface area contributed by atoms with Crippen molar-refractivity contribution in [1.29, 1.82) is 0 Å². The molecule has 3 nitrogen and oxygen atoms in total. The smallest absolute Gasteiger partial charge is 0.194 e. The lowest BCUT2D eigenvalue weighted by molar-refractivity contribution is 0.103. The Morgan fingerprint density at radius 2 is 1.71 bits per heavy atom. The van der Waals surface area contributed by atoms with Crippen molar-refractivity contribution in [1.82, 2.24) is 10.2 Å². The van der Waals surface area contributed by atoms with Crippen molar-refractivity contribution < 1.29 is 4.79 Å². The Hall–Kier alpha value is -2.03. The van der Waals surface area contributed by atoms with Crippen LogP contribution in [0.2, 0.25) is 0 Å². The first-order chi connectivity index (χ1) is 9.82. The van der Waals surface area contributed by atoms with Gasteiger partial charge in [0.25, 0.3) is 0 Å². The van der Waals surface area contributed by atoms with Crippen LogP contribution in [0, 0.1) is 6.92 Å². The molecule has 0 radical (unpaired) electrons. The van der Waals surface area contributed by atoms with E-state index in [1.165, 1.54) is 5.56 Å². The highest BCUT2D eigenvalue weighted by Gasteiger charge is 2.17. The Balaban J connectivity index is 2.39. The molecule has 1 heterocycles. The fraction of sp³-hybridized carbons (Fsp3) is 0.389. The number of hydrogen-bond donors (Lipinski definition) is 0. The molecule has 0 aliphatic rings. The summed E-state index contributed by atoms with van der Waals surface area (Å²) in [7, 11) is 0. The van der Waals surface area contributed by atoms with E-state index in [-0.39, 0.29) is 11.2 Å². The molecule has 0 fully saturated rings. The van der Waals surface area contributed by atoms with Crippen LogP contribution in [-0.2, 0) is 11.8 Å². The highest BCUT2D eigenvalue weighted by Crippen LogP contribution is 2.23. The van der Waals surface area contributed by atoms with E-state index in [0.29, 0.717) is 17.5 Å². The lowest BCUT2D eigenvalue weighted by atomic mass is 9.86. The predicted molar refractivity (Wildman–Crippen MR) is 84.7 cm³/mol. The molecule has 0 aliphatic heterocycles. The van der Waals surface area contributed by atoms with Gasteiger partial charge in [-0.05, 0) is 30.4 Å². The average molecular weight is 282 g/mol. The molecule has 2 aromatic rings. The fourth-order valence-electron chi connectivity index (χ4n) is 2.25. The quantitative estimate of drug-likeness (QED) is 0.802. The summed E-state index contributed by atoms with van der Waals surface area (Å²) in [5.74, 6) is 0.0188. The zero-order valence-corrected chi connectivity index (χ0v) is 13.4. The minimum absolute atomic E-state index is 0.0188. The monoisotopic (exact) mass is 282 g/mol. The zero-order chi connectivity index (χ0) is 15.6. The third kappa shape index (κ3) is 3.35. The van der Waals surface area contributed by atoms with E-state index in [1.807, 2.05) is 44.2 Å². The molecule has 1 aromatic carbocycles. The van der Waals surface area contributed by atoms with Gasteiger partial charge in [0.15, 0.2) is 5.78 Å². The van der Waals surface area contributed by atoms with Gasteiger partial charge in [-0.25, -0.2) is 0 Å². The molecule has 1 aromatic heterocycles. The molecule has 0 amide bonds. The van der Waals surface area contributed by atoms with E-state index in [4.69, 9.17) is 0 Å². The first-order valence-electron chi connectivity index (χ1n) is 7.31. The van der Waals surface area contributed by atoms with Crippen LogP contribution in [-0.4, -0.2) is 16.0 Å². The van der Waals surface area contributed by atoms with E-state index < -0.39 is 0 Å². The molecule has 0 atom stereocenters. The summed E-state index contributed by atoms with van der Waals surface area (Å²) >= 11 is 0. The van der Waals surface area contributed by atoms with Gasteiger partial charge in [-0.1, -0.05) is 52.0 Å². The van der Waals surface area contributed by atoms with Gasteiger partial charge in [-0.15, -0.1) is 0 Å². The molecule has 0 N–H and O–H groups in total. The highest BCUT2D eigenvalue weighted by molar-refractivity contribution is 6.09. The van der Waals surface area contributed by atoms with E-state index in [2.05, 4.69) is 31.0 Å². The molecule has 0 aliphatic carbocycles. The maximum absolute atomic E-state index is 12.7. The molecule has 2 rings (SSSR count). The zero-order valence-electron chi connectivity index (χ0n) is 13.4. The van der Waals surface area contributed by atoms with Crippen molar-refractivity contribution in [2.24, 2.45) is 0 Å². The van der Waals surface area contributed by atoms with Crippen LogP contribution in [0.3, 0.4) is 0 Å². The van der Waals surface area contributed by atoms with Crippen LogP contribution in [0.15, 0.2) is 30.3 Å². The number of carbonyl (C=O) groups is 1. The minimum atomic E-state index is 0.0188. The Kier molecular flexibility index (Phi) is 4.21. The molecule has 3 heteroatoms. The van der Waals surface area contributed by atoms with Crippen LogP contribution in [0.4, 0.5) is 0 Å². The molecule has 0 unspecified atom stereocenters. The molecule has 21 heavy (non-hydrogen) atoms. The van der Waals surface area contributed by atoms with Crippen LogP contribution < -0.4 is 0 Å². The lowest BCUT2D eigenvalue weighted by Crippen LogP contribution is -2.12. The summed E-state index contributed by atoms with van der Waals surface area (Å²) in [4.78, 5) is 12.7. The molecular formula is C18H22N2O. The van der Waals surface area contributed by atoms with Gasteiger partial charge in [-0.2, -0.15) is 10.2 Å². The predicted octanol–water partition coefficient (Wildman–Crippen LogP) is 3.88. The van der Waals surface area contributed by atoms with Crippen molar-refractivity contribution in [2.45, 2.75) is 46.5 Å². The van der Waals surface area contributed by atoms with Crippen LogP contribution >= 0.6 is 0 Å². The lowest BCUT2D eigenvalue weighted by Gasteiger charge is -2.19. The summed E-state index contributed by atoms with van der Waals surface area (Å²) in [5, 5.41) is 8.16. The highest BCUT2D eigenvalue weighted by atomic mass is 16.1. The van der Waals surface area contributed by atoms with Crippen LogP contribution in [0.5, 0.6) is 0 Å². The maximum Gasteiger partial charge on any atom is 0.194 e. The summed E-state index contributed by atoms with van der Waals surface area (Å²) in [6.45, 7) is 10.3. The van der Waals surface area contributed by atoms with Gasteiger partial charge < -0.3 is 0 Å². The number of carbonyl (C=O) groups excluding carboxylic acids is 1. The summed E-state index contributed by atoms with van der Waals surface area (Å²) in [5.41, 5.74) is 4.19. The number of hydrogen-bond acceptors (Lipinski definition) is 3. The first-order valence-corrected chi connectivity index (χ1v) is 7.31. The third-order valence-corrected chi connectivity index (χ3v) is 3.59. The van der Waals surface area contributed by atoms with Gasteiger partial charge in [0.1, 0.15) is 0 Å². The number of rotatable bonds is 3. The Bertz CT molecular complexity index is 652. The van der Waals surface area contributed by atoms with Gasteiger partial charge in [0.05, 0.1) is 11.4 Å². The largest absolute Gasteiger partial charge is 0.289 e. The van der Waals surface area contributed by atoms with Gasteiger partial charge in [-0.3, -0.25) is 4.79 Å². The third-order valence-electron chi connectivity index (χ3n) is 3.59. The summed E-state index contributed by atoms with van der Waals surface area (Å²) < 4.78 is 0. The van der Waals surface area contributed by atoms with Gasteiger partial charge >= 0.3 is 0 Å². The first kappa shape index (κ1) is 15.4. The molecule has 0 spiro atoms. The fourth-order valence-corrected chi connectivity index (χ4v) is 2.25. The van der Waals surface area contributed by atoms with Crippen molar-refractivity contribution >= 4 is 5.78 Å². The van der Waals surface area contributed by atoms with Crippen molar-refractivity contribution in [3.05, 3.63) is 58.4 Å². The number of benzene rings is 1. The van der Waals surface area contributed by atoms with Crippen molar-refractivity contribution in [2.75, 3.05) is 0 Å². The maximum atomic E-state index is 12.7. The van der Waals surface area contributed by atoms with Crippen molar-refractivity contribution in [3.63, 3.8) is 0 Å². The van der Waals surface area contributed by atoms with Gasteiger partial charge in [0, 0.05) is 11.1 Å². The van der Waals surface area contributed by atoms with Crippen LogP contribution in [0.25, 0.3) is 0 Å². The van der Waals surface area contributed by atoms with Crippen molar-refractivity contribution in [3.8, 4) is 0 Å². The Morgan fingerprint density at radius 3 is 2.24 bits per heavy atom. The van der Waals surface area contributed by atoms with E-state index in [9.17, 15) is 4.79 Å². The van der Waals surface area contributed by atoms with E-state index in [1.54, 1.807) is 0 Å². The average Bonchev–Trinajstić information content (AvgIpc) is 2.45. The van der Waals surface area contributed by atoms with Crippen LogP contribution in [0.1, 0.15) is 60.6 Å². The van der Waals surface area contributed by atoms with Gasteiger partial charge in [0.2, 0.25) is 0 Å². The second-order valence-corrected chi connectivity index (χ2v) is 6.36. The van der Waals surface area contributed by atoms with E-state index in [0.717, 1.165) is 11.4 Å². The molecule has 0 saturated heterocycles. The number of aromatic nitrogens is 2. The Labute approximate surface area is 126 Å². The Morgan fingerprint density at radius 1 is 1.10 bits per heavy atom. The summed E-state index contributed by atoms with van der Waals surface area (Å²) in [6.07, 6.45) is 0.703.